The molecule has 2 aliphatic rings. The lowest BCUT2D eigenvalue weighted by Crippen LogP contribution is -2.09. The van der Waals surface area contributed by atoms with Crippen LogP contribution in [0.3, 0.4) is 0 Å². The highest BCUT2D eigenvalue weighted by Crippen LogP contribution is 2.44. The lowest BCUT2D eigenvalue weighted by molar-refractivity contribution is -0.141. The van der Waals surface area contributed by atoms with Crippen LogP contribution in [0.5, 0.6) is 23.1 Å². The highest BCUT2D eigenvalue weighted by atomic mass is 19.1. The van der Waals surface area contributed by atoms with Crippen molar-refractivity contribution in [3.63, 3.8) is 0 Å². The van der Waals surface area contributed by atoms with E-state index in [9.17, 15) is 9.18 Å². The third-order valence-corrected chi connectivity index (χ3v) is 5.88. The van der Waals surface area contributed by atoms with Crippen molar-refractivity contribution in [1.29, 1.82) is 0 Å². The molecule has 1 aromatic heterocycles. The summed E-state index contributed by atoms with van der Waals surface area (Å²) in [6.07, 6.45) is 2.77. The largest absolute Gasteiger partial charge is 0.492 e. The van der Waals surface area contributed by atoms with Gasteiger partial charge in [0, 0.05) is 40.9 Å². The number of halogens is 1. The highest BCUT2D eigenvalue weighted by molar-refractivity contribution is 5.71. The second-order valence-corrected chi connectivity index (χ2v) is 7.84. The maximum atomic E-state index is 14.8. The van der Waals surface area contributed by atoms with Crippen LogP contribution in [0.15, 0.2) is 54.7 Å². The van der Waals surface area contributed by atoms with E-state index in [4.69, 9.17) is 18.9 Å². The molecule has 5 rings (SSSR count). The van der Waals surface area contributed by atoms with Gasteiger partial charge in [0.15, 0.2) is 0 Å². The molecule has 32 heavy (non-hydrogen) atoms. The molecule has 0 N–H and O–H groups in total. The predicted octanol–water partition coefficient (Wildman–Crippen LogP) is 5.12. The van der Waals surface area contributed by atoms with Gasteiger partial charge < -0.3 is 18.9 Å². The van der Waals surface area contributed by atoms with Crippen LogP contribution in [0.25, 0.3) is 0 Å². The van der Waals surface area contributed by atoms with E-state index >= 15 is 0 Å². The Labute approximate surface area is 184 Å². The number of nitrogens with zero attached hydrogens (tertiary/aromatic N) is 1. The van der Waals surface area contributed by atoms with Crippen molar-refractivity contribution in [3.8, 4) is 23.1 Å². The number of hydrogen-bond donors (Lipinski definition) is 0. The van der Waals surface area contributed by atoms with E-state index in [2.05, 4.69) is 4.98 Å². The van der Waals surface area contributed by atoms with E-state index in [-0.39, 0.29) is 24.1 Å². The zero-order valence-electron chi connectivity index (χ0n) is 17.5. The van der Waals surface area contributed by atoms with E-state index < -0.39 is 6.10 Å². The van der Waals surface area contributed by atoms with Crippen molar-refractivity contribution >= 4 is 5.97 Å². The number of hydrogen-bond acceptors (Lipinski definition) is 6. The molecule has 6 nitrogen and oxygen atoms in total. The molecule has 0 saturated heterocycles. The van der Waals surface area contributed by atoms with Crippen molar-refractivity contribution in [2.24, 2.45) is 0 Å². The first-order valence-electron chi connectivity index (χ1n) is 10.5. The Kier molecular flexibility index (Phi) is 5.39. The van der Waals surface area contributed by atoms with Gasteiger partial charge in [-0.15, -0.1) is 0 Å². The zero-order chi connectivity index (χ0) is 22.1. The zero-order valence-corrected chi connectivity index (χ0v) is 17.5. The fraction of sp³-hybridized carbons (Fsp3) is 0.280. The van der Waals surface area contributed by atoms with Gasteiger partial charge in [0.05, 0.1) is 20.1 Å². The summed E-state index contributed by atoms with van der Waals surface area (Å²) in [7, 11) is 1.38. The van der Waals surface area contributed by atoms with Crippen LogP contribution in [-0.2, 0) is 16.0 Å². The standard InChI is InChI=1S/C25H22FNO5/c1-29-24(28)12-15-14-30-22-13-16(5-6-17(15)22)31-21-9-7-18-20(10-8-19(26)25(18)21)32-23-4-2-3-11-27-23/h2-6,8,10-11,13,15,21H,7,9,12,14H2,1H3. The van der Waals surface area contributed by atoms with Crippen molar-refractivity contribution in [1.82, 2.24) is 4.98 Å². The summed E-state index contributed by atoms with van der Waals surface area (Å²) in [5, 5.41) is 0. The van der Waals surface area contributed by atoms with Crippen LogP contribution in [0, 0.1) is 5.82 Å². The van der Waals surface area contributed by atoms with Gasteiger partial charge in [0.2, 0.25) is 5.88 Å². The Morgan fingerprint density at radius 2 is 2.12 bits per heavy atom. The van der Waals surface area contributed by atoms with E-state index in [0.29, 0.717) is 48.1 Å². The molecule has 1 aliphatic heterocycles. The number of rotatable bonds is 6. The number of fused-ring (bicyclic) bond motifs is 2. The Bertz CT molecular complexity index is 1150. The second-order valence-electron chi connectivity index (χ2n) is 7.84. The first-order chi connectivity index (χ1) is 15.6. The molecule has 2 aromatic carbocycles. The quantitative estimate of drug-likeness (QED) is 0.501. The highest BCUT2D eigenvalue weighted by Gasteiger charge is 2.32. The fourth-order valence-electron chi connectivity index (χ4n) is 4.32. The minimum Gasteiger partial charge on any atom is -0.492 e. The molecule has 2 heterocycles. The van der Waals surface area contributed by atoms with Gasteiger partial charge >= 0.3 is 5.97 Å². The summed E-state index contributed by atoms with van der Waals surface area (Å²) in [5.41, 5.74) is 2.27. The Balaban J connectivity index is 1.35. The number of carbonyl (C=O) groups excluding carboxylic acids is 1. The molecule has 0 spiro atoms. The first kappa shape index (κ1) is 20.3. The second kappa shape index (κ2) is 8.49. The molecule has 0 saturated carbocycles. The van der Waals surface area contributed by atoms with Gasteiger partial charge in [-0.1, -0.05) is 12.1 Å². The third-order valence-electron chi connectivity index (χ3n) is 5.88. The molecule has 1 aliphatic carbocycles. The van der Waals surface area contributed by atoms with Crippen molar-refractivity contribution < 1.29 is 28.1 Å². The minimum absolute atomic E-state index is 0.0394. The summed E-state index contributed by atoms with van der Waals surface area (Å²) in [6.45, 7) is 0.420. The lowest BCUT2D eigenvalue weighted by atomic mass is 9.98. The predicted molar refractivity (Wildman–Crippen MR) is 114 cm³/mol. The van der Waals surface area contributed by atoms with E-state index in [1.165, 1.54) is 13.2 Å². The molecular weight excluding hydrogens is 413 g/mol. The molecule has 0 radical (unpaired) electrons. The smallest absolute Gasteiger partial charge is 0.306 e. The maximum Gasteiger partial charge on any atom is 0.306 e. The van der Waals surface area contributed by atoms with Gasteiger partial charge in [-0.25, -0.2) is 9.37 Å². The van der Waals surface area contributed by atoms with Gasteiger partial charge in [-0.3, -0.25) is 4.79 Å². The number of benzene rings is 2. The molecule has 0 amide bonds. The topological polar surface area (TPSA) is 66.9 Å². The molecule has 7 heteroatoms. The number of pyridine rings is 1. The maximum absolute atomic E-state index is 14.8. The number of ether oxygens (including phenoxy) is 4. The van der Waals surface area contributed by atoms with Gasteiger partial charge in [0.1, 0.15) is 29.2 Å². The normalized spacial score (nSPS) is 18.4. The van der Waals surface area contributed by atoms with Crippen LogP contribution in [-0.4, -0.2) is 24.7 Å². The Morgan fingerprint density at radius 1 is 1.22 bits per heavy atom. The summed E-state index contributed by atoms with van der Waals surface area (Å²) in [5.74, 6) is 1.71. The SMILES string of the molecule is COC(=O)CC1COc2cc(OC3CCc4c(Oc5ccccn5)ccc(F)c43)ccc21. The van der Waals surface area contributed by atoms with Crippen molar-refractivity contribution in [3.05, 3.63) is 77.2 Å². The summed E-state index contributed by atoms with van der Waals surface area (Å²) < 4.78 is 37.3. The van der Waals surface area contributed by atoms with E-state index in [1.54, 1.807) is 24.4 Å². The van der Waals surface area contributed by atoms with Gasteiger partial charge in [0.25, 0.3) is 0 Å². The lowest BCUT2D eigenvalue weighted by Gasteiger charge is -2.17. The van der Waals surface area contributed by atoms with Gasteiger partial charge in [-0.05, 0) is 37.1 Å². The monoisotopic (exact) mass is 435 g/mol. The molecule has 0 fully saturated rings. The average molecular weight is 435 g/mol. The van der Waals surface area contributed by atoms with Crippen LogP contribution < -0.4 is 14.2 Å². The van der Waals surface area contributed by atoms with Crippen LogP contribution in [0.2, 0.25) is 0 Å². The van der Waals surface area contributed by atoms with Crippen LogP contribution >= 0.6 is 0 Å². The van der Waals surface area contributed by atoms with Crippen LogP contribution in [0.1, 0.15) is 41.6 Å². The average Bonchev–Trinajstić information content (AvgIpc) is 3.41. The van der Waals surface area contributed by atoms with Crippen molar-refractivity contribution in [2.75, 3.05) is 13.7 Å². The van der Waals surface area contributed by atoms with Crippen molar-refractivity contribution in [2.45, 2.75) is 31.3 Å². The van der Waals surface area contributed by atoms with Gasteiger partial charge in [-0.2, -0.15) is 0 Å². The number of methoxy groups -OCH3 is 1. The number of carbonyl (C=O) groups is 1. The molecule has 0 bridgehead atoms. The summed E-state index contributed by atoms with van der Waals surface area (Å²) in [6, 6.07) is 14.0. The molecule has 3 aromatic rings. The molecule has 2 atom stereocenters. The van der Waals surface area contributed by atoms with E-state index in [1.807, 2.05) is 24.3 Å². The molecule has 164 valence electrons. The fourth-order valence-corrected chi connectivity index (χ4v) is 4.32. The molecular formula is C25H22FNO5. The number of esters is 1. The first-order valence-corrected chi connectivity index (χ1v) is 10.5. The van der Waals surface area contributed by atoms with E-state index in [0.717, 1.165) is 11.1 Å². The Hall–Kier alpha value is -3.61. The Morgan fingerprint density at radius 3 is 2.94 bits per heavy atom. The minimum atomic E-state index is -0.428. The molecule has 2 unspecified atom stereocenters. The summed E-state index contributed by atoms with van der Waals surface area (Å²) >= 11 is 0. The summed E-state index contributed by atoms with van der Waals surface area (Å²) in [4.78, 5) is 15.8. The van der Waals surface area contributed by atoms with Crippen LogP contribution in [0.4, 0.5) is 4.39 Å². The number of aromatic nitrogens is 1. The third kappa shape index (κ3) is 3.86.